The van der Waals surface area contributed by atoms with E-state index in [1.165, 1.54) is 11.1 Å². The first-order valence-electron chi connectivity index (χ1n) is 8.17. The molecule has 0 heterocycles. The number of rotatable bonds is 7. The molecule has 0 aliphatic rings. The van der Waals surface area contributed by atoms with Crippen molar-refractivity contribution in [3.05, 3.63) is 82.9 Å². The van der Waals surface area contributed by atoms with E-state index in [1.54, 1.807) is 12.4 Å². The van der Waals surface area contributed by atoms with E-state index in [-0.39, 0.29) is 0 Å². The average molecular weight is 304 g/mol. The maximum atomic E-state index is 4.12. The fourth-order valence-electron chi connectivity index (χ4n) is 2.23. The maximum Gasteiger partial charge on any atom is 0.0568 e. The fourth-order valence-corrected chi connectivity index (χ4v) is 2.23. The first-order valence-corrected chi connectivity index (χ1v) is 8.17. The molecule has 118 valence electrons. The Balaban J connectivity index is 1.87. The van der Waals surface area contributed by atoms with Crippen molar-refractivity contribution in [1.29, 1.82) is 0 Å². The summed E-state index contributed by atoms with van der Waals surface area (Å²) in [6.07, 6.45) is 11.1. The Morgan fingerprint density at radius 3 is 1.78 bits per heavy atom. The fraction of sp³-hybridized carbons (Fsp3) is 0.238. The second kappa shape index (κ2) is 9.52. The van der Waals surface area contributed by atoms with Crippen molar-refractivity contribution in [2.75, 3.05) is 0 Å². The third-order valence-electron chi connectivity index (χ3n) is 3.68. The van der Waals surface area contributed by atoms with Gasteiger partial charge < -0.3 is 0 Å². The largest absolute Gasteiger partial charge is 0.159 e. The van der Waals surface area contributed by atoms with Crippen LogP contribution in [0.25, 0.3) is 0 Å². The molecule has 0 saturated heterocycles. The Hall–Kier alpha value is -2.48. The lowest BCUT2D eigenvalue weighted by molar-refractivity contribution is 0.999. The molecule has 0 unspecified atom stereocenters. The van der Waals surface area contributed by atoms with Crippen LogP contribution in [0.5, 0.6) is 0 Å². The van der Waals surface area contributed by atoms with Gasteiger partial charge in [-0.2, -0.15) is 10.2 Å². The van der Waals surface area contributed by atoms with Gasteiger partial charge in [-0.3, -0.25) is 0 Å². The van der Waals surface area contributed by atoms with Crippen molar-refractivity contribution in [3.8, 4) is 0 Å². The summed E-state index contributed by atoms with van der Waals surface area (Å²) in [7, 11) is 0. The third-order valence-corrected chi connectivity index (χ3v) is 3.68. The molecule has 0 radical (unpaired) electrons. The Labute approximate surface area is 139 Å². The van der Waals surface area contributed by atoms with Gasteiger partial charge in [0.15, 0.2) is 0 Å². The Kier molecular flexibility index (Phi) is 6.99. The molecule has 2 aromatic rings. The quantitative estimate of drug-likeness (QED) is 0.381. The Morgan fingerprint density at radius 1 is 0.783 bits per heavy atom. The van der Waals surface area contributed by atoms with E-state index in [0.29, 0.717) is 0 Å². The summed E-state index contributed by atoms with van der Waals surface area (Å²) in [5.41, 5.74) is 4.82. The number of hydrogen-bond acceptors (Lipinski definition) is 2. The monoisotopic (exact) mass is 304 g/mol. The summed E-state index contributed by atoms with van der Waals surface area (Å²) in [4.78, 5) is 0. The molecule has 0 amide bonds. The van der Waals surface area contributed by atoms with Crippen LogP contribution in [0.3, 0.4) is 0 Å². The van der Waals surface area contributed by atoms with Crippen LogP contribution < -0.4 is 0 Å². The van der Waals surface area contributed by atoms with Crippen molar-refractivity contribution >= 4 is 12.4 Å². The molecule has 0 fully saturated rings. The van der Waals surface area contributed by atoms with Crippen LogP contribution in [-0.4, -0.2) is 12.4 Å². The number of nitrogens with zero attached hydrogens (tertiary/aromatic N) is 2. The van der Waals surface area contributed by atoms with Gasteiger partial charge in [0.2, 0.25) is 0 Å². The van der Waals surface area contributed by atoms with Crippen LogP contribution in [0.2, 0.25) is 0 Å². The van der Waals surface area contributed by atoms with Gasteiger partial charge in [0.1, 0.15) is 0 Å². The maximum absolute atomic E-state index is 4.12. The van der Waals surface area contributed by atoms with Gasteiger partial charge >= 0.3 is 0 Å². The highest BCUT2D eigenvalue weighted by atomic mass is 15.2. The highest BCUT2D eigenvalue weighted by molar-refractivity contribution is 5.82. The molecule has 2 aromatic carbocycles. The van der Waals surface area contributed by atoms with Gasteiger partial charge in [-0.1, -0.05) is 67.6 Å². The van der Waals surface area contributed by atoms with E-state index in [9.17, 15) is 0 Å². The standard InChI is InChI=1S/C21H24N2/c1-3-5-6-7-19-10-14-21(15-11-19)17-23-22-16-20-12-8-18(4-2)9-13-20/h3,5,8-17H,4,6-7H2,1-2H3/b5-3+,22-16?,23-17?. The van der Waals surface area contributed by atoms with Crippen LogP contribution in [-0.2, 0) is 12.8 Å². The van der Waals surface area contributed by atoms with E-state index in [4.69, 9.17) is 0 Å². The Morgan fingerprint density at radius 2 is 1.30 bits per heavy atom. The molecule has 2 heteroatoms. The second-order valence-corrected chi connectivity index (χ2v) is 5.43. The van der Waals surface area contributed by atoms with E-state index in [2.05, 4.69) is 84.7 Å². The summed E-state index contributed by atoms with van der Waals surface area (Å²) >= 11 is 0. The minimum Gasteiger partial charge on any atom is -0.159 e. The van der Waals surface area contributed by atoms with Crippen LogP contribution in [0.4, 0.5) is 0 Å². The lowest BCUT2D eigenvalue weighted by Crippen LogP contribution is -1.86. The van der Waals surface area contributed by atoms with Gasteiger partial charge in [0.05, 0.1) is 12.4 Å². The zero-order valence-electron chi connectivity index (χ0n) is 13.9. The van der Waals surface area contributed by atoms with Crippen LogP contribution in [0.15, 0.2) is 70.9 Å². The topological polar surface area (TPSA) is 24.7 Å². The summed E-state index contributed by atoms with van der Waals surface area (Å²) in [5, 5.41) is 8.23. The predicted molar refractivity (Wildman–Crippen MR) is 101 cm³/mol. The molecule has 0 N–H and O–H groups in total. The first-order chi connectivity index (χ1) is 11.3. The molecule has 23 heavy (non-hydrogen) atoms. The van der Waals surface area contributed by atoms with E-state index >= 15 is 0 Å². The van der Waals surface area contributed by atoms with Gasteiger partial charge in [0, 0.05) is 0 Å². The SMILES string of the molecule is C/C=C/CCc1ccc(C=NN=Cc2ccc(CC)cc2)cc1. The number of allylic oxidation sites excluding steroid dienone is 2. The average Bonchev–Trinajstić information content (AvgIpc) is 2.61. The molecular formula is C21H24N2. The van der Waals surface area contributed by atoms with Crippen molar-refractivity contribution in [3.63, 3.8) is 0 Å². The van der Waals surface area contributed by atoms with Gasteiger partial charge in [-0.25, -0.2) is 0 Å². The van der Waals surface area contributed by atoms with Crippen molar-refractivity contribution in [2.45, 2.75) is 33.1 Å². The minimum absolute atomic E-state index is 1.06. The minimum atomic E-state index is 1.06. The normalized spacial score (nSPS) is 11.9. The van der Waals surface area contributed by atoms with Gasteiger partial charge in [-0.15, -0.1) is 0 Å². The summed E-state index contributed by atoms with van der Waals surface area (Å²) in [6.45, 7) is 4.21. The molecule has 0 aromatic heterocycles. The zero-order valence-corrected chi connectivity index (χ0v) is 13.9. The lowest BCUT2D eigenvalue weighted by atomic mass is 10.1. The summed E-state index contributed by atoms with van der Waals surface area (Å²) in [6, 6.07) is 16.8. The molecule has 2 nitrogen and oxygen atoms in total. The first kappa shape index (κ1) is 16.9. The molecule has 0 saturated carbocycles. The third kappa shape index (κ3) is 6.03. The van der Waals surface area contributed by atoms with E-state index in [0.717, 1.165) is 30.4 Å². The number of aryl methyl sites for hydroxylation is 2. The molecule has 0 atom stereocenters. The second-order valence-electron chi connectivity index (χ2n) is 5.43. The molecule has 2 rings (SSSR count). The van der Waals surface area contributed by atoms with Crippen LogP contribution in [0.1, 0.15) is 42.5 Å². The molecule has 0 aliphatic heterocycles. The Bertz CT molecular complexity index is 662. The van der Waals surface area contributed by atoms with Gasteiger partial charge in [-0.05, 0) is 48.4 Å². The van der Waals surface area contributed by atoms with Crippen molar-refractivity contribution in [1.82, 2.24) is 0 Å². The molecule has 0 spiro atoms. The predicted octanol–water partition coefficient (Wildman–Crippen LogP) is 5.21. The number of hydrogen-bond donors (Lipinski definition) is 0. The lowest BCUT2D eigenvalue weighted by Gasteiger charge is -1.98. The smallest absolute Gasteiger partial charge is 0.0568 e. The van der Waals surface area contributed by atoms with Crippen molar-refractivity contribution in [2.24, 2.45) is 10.2 Å². The molecule has 0 bridgehead atoms. The highest BCUT2D eigenvalue weighted by Crippen LogP contribution is 2.06. The summed E-state index contributed by atoms with van der Waals surface area (Å²) < 4.78 is 0. The van der Waals surface area contributed by atoms with E-state index in [1.807, 2.05) is 0 Å². The van der Waals surface area contributed by atoms with Crippen LogP contribution in [0, 0.1) is 0 Å². The highest BCUT2D eigenvalue weighted by Gasteiger charge is 1.92. The zero-order chi connectivity index (χ0) is 16.3. The molecule has 0 aliphatic carbocycles. The number of benzene rings is 2. The van der Waals surface area contributed by atoms with E-state index < -0.39 is 0 Å². The van der Waals surface area contributed by atoms with Gasteiger partial charge in [0.25, 0.3) is 0 Å². The van der Waals surface area contributed by atoms with Crippen LogP contribution >= 0.6 is 0 Å². The summed E-state index contributed by atoms with van der Waals surface area (Å²) in [5.74, 6) is 0. The van der Waals surface area contributed by atoms with Crippen molar-refractivity contribution < 1.29 is 0 Å². The molecular weight excluding hydrogens is 280 g/mol.